The number of rotatable bonds is 4. The number of carboxylic acid groups (broad SMARTS) is 1. The number of carbonyl (C=O) groups is 1. The normalized spacial score (nSPS) is 10.2. The van der Waals surface area contributed by atoms with Crippen LogP contribution in [0.4, 0.5) is 5.82 Å². The number of methoxy groups -OCH3 is 2. The number of aromatic carboxylic acids is 1. The molecule has 0 aliphatic heterocycles. The third-order valence-electron chi connectivity index (χ3n) is 2.78. The van der Waals surface area contributed by atoms with Crippen LogP contribution in [0.25, 0.3) is 11.3 Å². The van der Waals surface area contributed by atoms with Crippen LogP contribution >= 0.6 is 0 Å². The summed E-state index contributed by atoms with van der Waals surface area (Å²) in [6.07, 6.45) is 0. The number of benzene rings is 1. The molecule has 100 valence electrons. The summed E-state index contributed by atoms with van der Waals surface area (Å²) in [5.41, 5.74) is 6.90. The Hall–Kier alpha value is -2.63. The number of aromatic amines is 1. The molecular weight excluding hydrogens is 248 g/mol. The minimum absolute atomic E-state index is 0.0277. The van der Waals surface area contributed by atoms with E-state index in [-0.39, 0.29) is 11.4 Å². The monoisotopic (exact) mass is 262 g/mol. The minimum Gasteiger partial charge on any atom is -0.497 e. The van der Waals surface area contributed by atoms with Crippen LogP contribution in [0.2, 0.25) is 0 Å². The first-order valence-corrected chi connectivity index (χ1v) is 5.51. The second kappa shape index (κ2) is 4.93. The molecule has 6 heteroatoms. The van der Waals surface area contributed by atoms with E-state index in [1.165, 1.54) is 13.2 Å². The number of nitrogens with two attached hydrogens (primary N) is 1. The SMILES string of the molecule is COc1ccc(OC)c(-c2cc(C(=O)O)c(N)[nH]2)c1. The van der Waals surface area contributed by atoms with Gasteiger partial charge in [-0.2, -0.15) is 0 Å². The number of ether oxygens (including phenoxy) is 2. The third kappa shape index (κ3) is 2.33. The van der Waals surface area contributed by atoms with Crippen molar-refractivity contribution in [1.82, 2.24) is 4.98 Å². The molecule has 2 rings (SSSR count). The van der Waals surface area contributed by atoms with Crippen LogP contribution in [0, 0.1) is 0 Å². The maximum absolute atomic E-state index is 11.0. The zero-order chi connectivity index (χ0) is 14.0. The van der Waals surface area contributed by atoms with Crippen molar-refractivity contribution in [2.75, 3.05) is 20.0 Å². The Labute approximate surface area is 109 Å². The van der Waals surface area contributed by atoms with Gasteiger partial charge in [0.25, 0.3) is 0 Å². The second-order valence-corrected chi connectivity index (χ2v) is 3.88. The lowest BCUT2D eigenvalue weighted by Gasteiger charge is -2.09. The number of H-pyrrole nitrogens is 1. The van der Waals surface area contributed by atoms with Gasteiger partial charge >= 0.3 is 5.97 Å². The van der Waals surface area contributed by atoms with Crippen LogP contribution in [-0.4, -0.2) is 30.3 Å². The van der Waals surface area contributed by atoms with E-state index in [0.717, 1.165) is 0 Å². The fourth-order valence-electron chi connectivity index (χ4n) is 1.82. The van der Waals surface area contributed by atoms with Crippen molar-refractivity contribution in [3.63, 3.8) is 0 Å². The molecule has 0 radical (unpaired) electrons. The summed E-state index contributed by atoms with van der Waals surface area (Å²) >= 11 is 0. The van der Waals surface area contributed by atoms with Crippen LogP contribution in [0.5, 0.6) is 11.5 Å². The van der Waals surface area contributed by atoms with Crippen LogP contribution in [0.3, 0.4) is 0 Å². The van der Waals surface area contributed by atoms with Crippen molar-refractivity contribution >= 4 is 11.8 Å². The Morgan fingerprint density at radius 2 is 2.00 bits per heavy atom. The van der Waals surface area contributed by atoms with Crippen LogP contribution in [0.1, 0.15) is 10.4 Å². The molecule has 19 heavy (non-hydrogen) atoms. The predicted molar refractivity (Wildman–Crippen MR) is 70.7 cm³/mol. The van der Waals surface area contributed by atoms with Gasteiger partial charge in [0.15, 0.2) is 0 Å². The van der Waals surface area contributed by atoms with Crippen molar-refractivity contribution in [1.29, 1.82) is 0 Å². The lowest BCUT2D eigenvalue weighted by atomic mass is 10.1. The Kier molecular flexibility index (Phi) is 3.33. The number of nitrogens with one attached hydrogen (secondary N) is 1. The predicted octanol–water partition coefficient (Wildman–Crippen LogP) is 1.98. The molecule has 1 heterocycles. The largest absolute Gasteiger partial charge is 0.497 e. The van der Waals surface area contributed by atoms with E-state index in [1.54, 1.807) is 25.3 Å². The van der Waals surface area contributed by atoms with E-state index in [1.807, 2.05) is 0 Å². The van der Waals surface area contributed by atoms with Gasteiger partial charge in [0, 0.05) is 5.56 Å². The first kappa shape index (κ1) is 12.8. The number of hydrogen-bond donors (Lipinski definition) is 3. The molecule has 6 nitrogen and oxygen atoms in total. The zero-order valence-corrected chi connectivity index (χ0v) is 10.6. The van der Waals surface area contributed by atoms with Crippen molar-refractivity contribution in [3.05, 3.63) is 29.8 Å². The topological polar surface area (TPSA) is 97.6 Å². The highest BCUT2D eigenvalue weighted by Crippen LogP contribution is 2.34. The van der Waals surface area contributed by atoms with Gasteiger partial charge in [-0.15, -0.1) is 0 Å². The van der Waals surface area contributed by atoms with Gasteiger partial charge in [-0.05, 0) is 24.3 Å². The molecule has 0 aliphatic carbocycles. The smallest absolute Gasteiger partial charge is 0.339 e. The number of nitrogen functional groups attached to an aromatic ring is 1. The summed E-state index contributed by atoms with van der Waals surface area (Å²) in [7, 11) is 3.09. The molecule has 1 aromatic carbocycles. The molecule has 2 aromatic rings. The fraction of sp³-hybridized carbons (Fsp3) is 0.154. The molecule has 0 saturated carbocycles. The van der Waals surface area contributed by atoms with E-state index in [4.69, 9.17) is 20.3 Å². The molecular formula is C13H14N2O4. The number of hydrogen-bond acceptors (Lipinski definition) is 4. The van der Waals surface area contributed by atoms with E-state index in [2.05, 4.69) is 4.98 Å². The highest BCUT2D eigenvalue weighted by Gasteiger charge is 2.16. The first-order chi connectivity index (χ1) is 9.06. The fourth-order valence-corrected chi connectivity index (χ4v) is 1.82. The average Bonchev–Trinajstić information content (AvgIpc) is 2.80. The average molecular weight is 262 g/mol. The summed E-state index contributed by atoms with van der Waals surface area (Å²) in [5, 5.41) is 9.00. The molecule has 0 saturated heterocycles. The minimum atomic E-state index is -1.08. The van der Waals surface area contributed by atoms with E-state index in [9.17, 15) is 4.79 Å². The maximum Gasteiger partial charge on any atom is 0.339 e. The quantitative estimate of drug-likeness (QED) is 0.782. The van der Waals surface area contributed by atoms with Crippen molar-refractivity contribution in [2.24, 2.45) is 0 Å². The highest BCUT2D eigenvalue weighted by molar-refractivity contribution is 5.95. The molecule has 0 aliphatic rings. The van der Waals surface area contributed by atoms with Gasteiger partial charge in [-0.25, -0.2) is 4.79 Å². The molecule has 0 fully saturated rings. The zero-order valence-electron chi connectivity index (χ0n) is 10.6. The molecule has 0 atom stereocenters. The lowest BCUT2D eigenvalue weighted by Crippen LogP contribution is -1.98. The van der Waals surface area contributed by atoms with E-state index in [0.29, 0.717) is 22.8 Å². The number of aromatic nitrogens is 1. The summed E-state index contributed by atoms with van der Waals surface area (Å²) in [6, 6.07) is 6.71. The lowest BCUT2D eigenvalue weighted by molar-refractivity contribution is 0.0698. The standard InChI is InChI=1S/C13H14N2O4/c1-18-7-3-4-11(19-2)8(5-7)10-6-9(13(16)17)12(14)15-10/h3-6,15H,14H2,1-2H3,(H,16,17). The Balaban J connectivity index is 2.57. The number of carboxylic acids is 1. The van der Waals surface area contributed by atoms with Crippen molar-refractivity contribution < 1.29 is 19.4 Å². The molecule has 0 amide bonds. The van der Waals surface area contributed by atoms with Gasteiger partial charge in [-0.1, -0.05) is 0 Å². The molecule has 1 aromatic heterocycles. The highest BCUT2D eigenvalue weighted by atomic mass is 16.5. The maximum atomic E-state index is 11.0. The van der Waals surface area contributed by atoms with Crippen molar-refractivity contribution in [2.45, 2.75) is 0 Å². The summed E-state index contributed by atoms with van der Waals surface area (Å²) in [4.78, 5) is 13.8. The van der Waals surface area contributed by atoms with Crippen LogP contribution in [-0.2, 0) is 0 Å². The molecule has 0 bridgehead atoms. The Bertz CT molecular complexity index is 619. The summed E-state index contributed by atoms with van der Waals surface area (Å²) in [6.45, 7) is 0. The van der Waals surface area contributed by atoms with Gasteiger partial charge < -0.3 is 25.3 Å². The summed E-state index contributed by atoms with van der Waals surface area (Å²) in [5.74, 6) is 0.258. The molecule has 0 spiro atoms. The van der Waals surface area contributed by atoms with Crippen molar-refractivity contribution in [3.8, 4) is 22.8 Å². The van der Waals surface area contributed by atoms with E-state index >= 15 is 0 Å². The second-order valence-electron chi connectivity index (χ2n) is 3.88. The Morgan fingerprint density at radius 1 is 1.26 bits per heavy atom. The number of anilines is 1. The molecule has 4 N–H and O–H groups in total. The van der Waals surface area contributed by atoms with E-state index < -0.39 is 5.97 Å². The van der Waals surface area contributed by atoms with Gasteiger partial charge in [0.1, 0.15) is 22.9 Å². The third-order valence-corrected chi connectivity index (χ3v) is 2.78. The summed E-state index contributed by atoms with van der Waals surface area (Å²) < 4.78 is 10.4. The van der Waals surface area contributed by atoms with Gasteiger partial charge in [-0.3, -0.25) is 0 Å². The first-order valence-electron chi connectivity index (χ1n) is 5.51. The van der Waals surface area contributed by atoms with Crippen LogP contribution < -0.4 is 15.2 Å². The van der Waals surface area contributed by atoms with Crippen LogP contribution in [0.15, 0.2) is 24.3 Å². The molecule has 0 unspecified atom stereocenters. The van der Waals surface area contributed by atoms with Gasteiger partial charge in [0.05, 0.1) is 19.9 Å². The Morgan fingerprint density at radius 3 is 2.53 bits per heavy atom. The van der Waals surface area contributed by atoms with Gasteiger partial charge in [0.2, 0.25) is 0 Å².